The van der Waals surface area contributed by atoms with Crippen molar-refractivity contribution in [1.82, 2.24) is 4.98 Å². The average Bonchev–Trinajstić information content (AvgIpc) is 2.48. The molecule has 0 radical (unpaired) electrons. The molecule has 0 aliphatic heterocycles. The molecule has 1 amide bonds. The molecule has 1 aromatic heterocycles. The van der Waals surface area contributed by atoms with Crippen molar-refractivity contribution in [3.63, 3.8) is 0 Å². The lowest BCUT2D eigenvalue weighted by molar-refractivity contribution is -0.384. The molecule has 8 nitrogen and oxygen atoms in total. The Hall–Kier alpha value is -3.00. The van der Waals surface area contributed by atoms with Crippen LogP contribution in [0, 0.1) is 17.0 Å². The molecule has 21 heavy (non-hydrogen) atoms. The van der Waals surface area contributed by atoms with Crippen molar-refractivity contribution >= 4 is 23.0 Å². The van der Waals surface area contributed by atoms with Crippen LogP contribution < -0.4 is 16.6 Å². The van der Waals surface area contributed by atoms with Gasteiger partial charge in [-0.2, -0.15) is 0 Å². The van der Waals surface area contributed by atoms with E-state index in [1.165, 1.54) is 12.1 Å². The fourth-order valence-electron chi connectivity index (χ4n) is 1.77. The van der Waals surface area contributed by atoms with Gasteiger partial charge < -0.3 is 10.7 Å². The number of carbonyl (C=O) groups excluding carboxylic acids is 1. The number of nitrogens with two attached hydrogens (primary N) is 1. The molecule has 2 rings (SSSR count). The average molecular weight is 287 g/mol. The molecule has 2 aromatic rings. The highest BCUT2D eigenvalue weighted by Crippen LogP contribution is 2.23. The van der Waals surface area contributed by atoms with Gasteiger partial charge in [-0.15, -0.1) is 0 Å². The van der Waals surface area contributed by atoms with Gasteiger partial charge >= 0.3 is 0 Å². The van der Waals surface area contributed by atoms with Crippen LogP contribution >= 0.6 is 0 Å². The monoisotopic (exact) mass is 287 g/mol. The number of pyridine rings is 1. The van der Waals surface area contributed by atoms with Gasteiger partial charge in [0.05, 0.1) is 27.6 Å². The van der Waals surface area contributed by atoms with Gasteiger partial charge in [0.2, 0.25) is 0 Å². The molecular formula is C13H13N5O3. The summed E-state index contributed by atoms with van der Waals surface area (Å²) >= 11 is 0. The van der Waals surface area contributed by atoms with Gasteiger partial charge in [-0.05, 0) is 25.1 Å². The van der Waals surface area contributed by atoms with Crippen molar-refractivity contribution in [1.29, 1.82) is 0 Å². The Morgan fingerprint density at radius 2 is 2.10 bits per heavy atom. The van der Waals surface area contributed by atoms with Crippen LogP contribution in [0.5, 0.6) is 0 Å². The fourth-order valence-corrected chi connectivity index (χ4v) is 1.77. The van der Waals surface area contributed by atoms with E-state index in [0.29, 0.717) is 17.1 Å². The summed E-state index contributed by atoms with van der Waals surface area (Å²) in [6.07, 6.45) is 1.60. The Labute approximate surface area is 120 Å². The summed E-state index contributed by atoms with van der Waals surface area (Å²) in [6, 6.07) is 7.17. The molecule has 8 heteroatoms. The van der Waals surface area contributed by atoms with Crippen LogP contribution in [0.2, 0.25) is 0 Å². The number of rotatable bonds is 4. The van der Waals surface area contributed by atoms with Crippen molar-refractivity contribution in [3.05, 3.63) is 57.9 Å². The van der Waals surface area contributed by atoms with Gasteiger partial charge in [0, 0.05) is 18.3 Å². The zero-order valence-corrected chi connectivity index (χ0v) is 11.2. The third kappa shape index (κ3) is 3.12. The van der Waals surface area contributed by atoms with E-state index in [-0.39, 0.29) is 11.3 Å². The van der Waals surface area contributed by atoms with Crippen LogP contribution in [0.15, 0.2) is 36.5 Å². The second kappa shape index (κ2) is 5.97. The Kier molecular flexibility index (Phi) is 4.10. The fraction of sp³-hybridized carbons (Fsp3) is 0.0769. The number of aromatic nitrogens is 1. The molecule has 0 saturated heterocycles. The summed E-state index contributed by atoms with van der Waals surface area (Å²) in [4.78, 5) is 26.5. The molecule has 0 aliphatic rings. The van der Waals surface area contributed by atoms with E-state index in [1.807, 2.05) is 0 Å². The van der Waals surface area contributed by atoms with E-state index >= 15 is 0 Å². The number of nitrogens with one attached hydrogen (secondary N) is 2. The SMILES string of the molecule is Cc1ncccc1NC(=O)c1cc([N+](=O)[O-])ccc1NN. The highest BCUT2D eigenvalue weighted by Gasteiger charge is 2.17. The van der Waals surface area contributed by atoms with Crippen LogP contribution in [0.3, 0.4) is 0 Å². The van der Waals surface area contributed by atoms with Gasteiger partial charge in [-0.25, -0.2) is 0 Å². The van der Waals surface area contributed by atoms with Gasteiger partial charge in [0.15, 0.2) is 0 Å². The zero-order chi connectivity index (χ0) is 15.4. The molecule has 0 aliphatic carbocycles. The van der Waals surface area contributed by atoms with Crippen molar-refractivity contribution in [2.24, 2.45) is 5.84 Å². The van der Waals surface area contributed by atoms with Crippen molar-refractivity contribution in [3.8, 4) is 0 Å². The minimum atomic E-state index is -0.577. The second-order valence-electron chi connectivity index (χ2n) is 4.22. The lowest BCUT2D eigenvalue weighted by atomic mass is 10.1. The van der Waals surface area contributed by atoms with Crippen LogP contribution in [0.4, 0.5) is 17.1 Å². The molecule has 0 atom stereocenters. The highest BCUT2D eigenvalue weighted by atomic mass is 16.6. The van der Waals surface area contributed by atoms with Gasteiger partial charge in [-0.3, -0.25) is 25.7 Å². The van der Waals surface area contributed by atoms with Gasteiger partial charge in [0.1, 0.15) is 0 Å². The number of aryl methyl sites for hydroxylation is 1. The Morgan fingerprint density at radius 1 is 1.33 bits per heavy atom. The standard InChI is InChI=1S/C13H13N5O3/c1-8-11(3-2-6-15-8)16-13(19)10-7-9(18(20)21)4-5-12(10)17-14/h2-7,17H,14H2,1H3,(H,16,19). The van der Waals surface area contributed by atoms with E-state index in [0.717, 1.165) is 6.07 Å². The number of nitrogen functional groups attached to an aromatic ring is 1. The molecule has 0 spiro atoms. The number of hydrazine groups is 1. The molecule has 108 valence electrons. The van der Waals surface area contributed by atoms with Crippen LogP contribution in [-0.4, -0.2) is 15.8 Å². The number of amides is 1. The van der Waals surface area contributed by atoms with Crippen LogP contribution in [0.25, 0.3) is 0 Å². The van der Waals surface area contributed by atoms with E-state index in [1.54, 1.807) is 25.3 Å². The maximum atomic E-state index is 12.3. The number of nitrogens with zero attached hydrogens (tertiary/aromatic N) is 2. The molecule has 0 bridgehead atoms. The smallest absolute Gasteiger partial charge is 0.270 e. The minimum absolute atomic E-state index is 0.0787. The highest BCUT2D eigenvalue weighted by molar-refractivity contribution is 6.08. The third-order valence-corrected chi connectivity index (χ3v) is 2.87. The number of carbonyl (C=O) groups is 1. The summed E-state index contributed by atoms with van der Waals surface area (Å²) in [5.41, 5.74) is 3.68. The van der Waals surface area contributed by atoms with Gasteiger partial charge in [0.25, 0.3) is 11.6 Å². The Bertz CT molecular complexity index is 702. The summed E-state index contributed by atoms with van der Waals surface area (Å²) in [6.45, 7) is 1.74. The first-order valence-corrected chi connectivity index (χ1v) is 6.01. The first-order chi connectivity index (χ1) is 10.0. The normalized spacial score (nSPS) is 10.0. The topological polar surface area (TPSA) is 123 Å². The van der Waals surface area contributed by atoms with Crippen molar-refractivity contribution in [2.45, 2.75) is 6.92 Å². The molecule has 1 heterocycles. The van der Waals surface area contributed by atoms with Crippen molar-refractivity contribution < 1.29 is 9.72 Å². The summed E-state index contributed by atoms with van der Waals surface area (Å²) < 4.78 is 0. The summed E-state index contributed by atoms with van der Waals surface area (Å²) in [7, 11) is 0. The van der Waals surface area contributed by atoms with Crippen molar-refractivity contribution in [2.75, 3.05) is 10.7 Å². The number of anilines is 2. The predicted octanol–water partition coefficient (Wildman–Crippen LogP) is 1.84. The molecule has 0 saturated carbocycles. The maximum absolute atomic E-state index is 12.3. The third-order valence-electron chi connectivity index (χ3n) is 2.87. The second-order valence-corrected chi connectivity index (χ2v) is 4.22. The molecule has 4 N–H and O–H groups in total. The lowest BCUT2D eigenvalue weighted by Crippen LogP contribution is -2.18. The Balaban J connectivity index is 2.36. The van der Waals surface area contributed by atoms with Crippen LogP contribution in [0.1, 0.15) is 16.1 Å². The zero-order valence-electron chi connectivity index (χ0n) is 11.2. The number of nitro groups is 1. The lowest BCUT2D eigenvalue weighted by Gasteiger charge is -2.10. The summed E-state index contributed by atoms with van der Waals surface area (Å²) in [5.74, 6) is 4.81. The first kappa shape index (κ1) is 14.4. The number of non-ortho nitro benzene ring substituents is 1. The quantitative estimate of drug-likeness (QED) is 0.448. The number of benzene rings is 1. The molecule has 0 fully saturated rings. The van der Waals surface area contributed by atoms with Gasteiger partial charge in [-0.1, -0.05) is 0 Å². The number of nitro benzene ring substituents is 1. The Morgan fingerprint density at radius 3 is 2.71 bits per heavy atom. The summed E-state index contributed by atoms with van der Waals surface area (Å²) in [5, 5.41) is 13.4. The minimum Gasteiger partial charge on any atom is -0.323 e. The van der Waals surface area contributed by atoms with Crippen LogP contribution in [-0.2, 0) is 0 Å². The maximum Gasteiger partial charge on any atom is 0.270 e. The van der Waals surface area contributed by atoms with E-state index in [2.05, 4.69) is 15.7 Å². The predicted molar refractivity (Wildman–Crippen MR) is 77.8 cm³/mol. The number of hydrogen-bond acceptors (Lipinski definition) is 6. The van der Waals surface area contributed by atoms with E-state index in [9.17, 15) is 14.9 Å². The number of hydrogen-bond donors (Lipinski definition) is 3. The molecule has 0 unspecified atom stereocenters. The first-order valence-electron chi connectivity index (χ1n) is 6.01. The van der Waals surface area contributed by atoms with E-state index in [4.69, 9.17) is 5.84 Å². The molecule has 1 aromatic carbocycles. The van der Waals surface area contributed by atoms with E-state index < -0.39 is 10.8 Å². The molecular weight excluding hydrogens is 274 g/mol. The largest absolute Gasteiger partial charge is 0.323 e.